The molecule has 2 bridgehead atoms. The molecule has 2 amide bonds. The van der Waals surface area contributed by atoms with Crippen molar-refractivity contribution >= 4 is 17.5 Å². The maximum atomic E-state index is 13.7. The Bertz CT molecular complexity index is 1010. The molecule has 3 saturated carbocycles. The van der Waals surface area contributed by atoms with Gasteiger partial charge >= 0.3 is 0 Å². The van der Waals surface area contributed by atoms with Gasteiger partial charge < -0.3 is 24.8 Å². The minimum atomic E-state index is -1.12. The number of alkyl halides is 1. The highest BCUT2D eigenvalue weighted by atomic mass is 19.1. The molecule has 36 heavy (non-hydrogen) atoms. The van der Waals surface area contributed by atoms with Crippen LogP contribution in [0.2, 0.25) is 0 Å². The van der Waals surface area contributed by atoms with E-state index < -0.39 is 12.2 Å². The number of hydrogen-bond acceptors (Lipinski definition) is 6. The average molecular weight is 498 g/mol. The lowest BCUT2D eigenvalue weighted by atomic mass is 9.56. The molecule has 6 rings (SSSR count). The van der Waals surface area contributed by atoms with Crippen molar-refractivity contribution in [2.45, 2.75) is 62.7 Å². The van der Waals surface area contributed by atoms with Gasteiger partial charge in [-0.15, -0.1) is 0 Å². The maximum absolute atomic E-state index is 13.7. The molecule has 5 aliphatic rings. The van der Waals surface area contributed by atoms with Gasteiger partial charge in [-0.2, -0.15) is 5.26 Å². The smallest absolute Gasteiger partial charge is 0.237 e. The van der Waals surface area contributed by atoms with Gasteiger partial charge in [0.2, 0.25) is 11.8 Å². The Hall–Kier alpha value is -2.86. The minimum absolute atomic E-state index is 0.00761. The number of hydrogen-bond donors (Lipinski definition) is 1. The number of benzene rings is 1. The van der Waals surface area contributed by atoms with Crippen molar-refractivity contribution in [3.8, 4) is 11.8 Å². The zero-order valence-corrected chi connectivity index (χ0v) is 21.0. The lowest BCUT2D eigenvalue weighted by Crippen LogP contribution is -2.61. The molecule has 1 aromatic rings. The van der Waals surface area contributed by atoms with Crippen molar-refractivity contribution < 1.29 is 18.7 Å². The van der Waals surface area contributed by atoms with E-state index in [1.165, 1.54) is 4.90 Å². The fourth-order valence-corrected chi connectivity index (χ4v) is 6.70. The first-order chi connectivity index (χ1) is 17.4. The number of carbonyl (C=O) groups is 2. The molecule has 5 fully saturated rings. The number of rotatable bonds is 6. The van der Waals surface area contributed by atoms with E-state index >= 15 is 0 Å². The standard InChI is InChI=1S/C27H36FN5O3/c1-36-23-5-3-2-4-22(23)31-12-14-32(15-13-31)25(35)26-6-9-27(10-7-26,11-8-26)30-18-24(34)33-19-20(28)16-21(33)17-29/h2-5,20-21,30H,6-16,18-19H2,1H3/t20-,21?,26?,27?/m0/s1. The second-order valence-electron chi connectivity index (χ2n) is 10.9. The second-order valence-corrected chi connectivity index (χ2v) is 10.9. The van der Waals surface area contributed by atoms with Crippen molar-refractivity contribution in [2.75, 3.05) is 51.3 Å². The summed E-state index contributed by atoms with van der Waals surface area (Å²) in [6, 6.07) is 9.39. The number of nitrogens with zero attached hydrogens (tertiary/aromatic N) is 4. The van der Waals surface area contributed by atoms with Gasteiger partial charge in [0.05, 0.1) is 32.0 Å². The van der Waals surface area contributed by atoms with Crippen molar-refractivity contribution in [3.63, 3.8) is 0 Å². The molecular weight excluding hydrogens is 461 g/mol. The van der Waals surface area contributed by atoms with E-state index in [2.05, 4.69) is 16.3 Å². The number of piperazine rings is 1. The molecule has 0 spiro atoms. The zero-order chi connectivity index (χ0) is 25.3. The van der Waals surface area contributed by atoms with Crippen LogP contribution in [0.15, 0.2) is 24.3 Å². The number of methoxy groups -OCH3 is 1. The molecular formula is C27H36FN5O3. The number of carbonyl (C=O) groups excluding carboxylic acids is 2. The van der Waals surface area contributed by atoms with Crippen LogP contribution in [0.1, 0.15) is 44.9 Å². The second kappa shape index (κ2) is 9.89. The van der Waals surface area contributed by atoms with Gasteiger partial charge in [-0.05, 0) is 50.7 Å². The van der Waals surface area contributed by atoms with Crippen molar-refractivity contribution in [1.29, 1.82) is 5.26 Å². The monoisotopic (exact) mass is 497 g/mol. The van der Waals surface area contributed by atoms with Crippen molar-refractivity contribution in [3.05, 3.63) is 24.3 Å². The number of anilines is 1. The summed E-state index contributed by atoms with van der Waals surface area (Å²) < 4.78 is 19.2. The van der Waals surface area contributed by atoms with Gasteiger partial charge in [0, 0.05) is 43.6 Å². The molecule has 8 nitrogen and oxygen atoms in total. The summed E-state index contributed by atoms with van der Waals surface area (Å²) >= 11 is 0. The minimum Gasteiger partial charge on any atom is -0.495 e. The van der Waals surface area contributed by atoms with Gasteiger partial charge in [-0.1, -0.05) is 12.1 Å². The Kier molecular flexibility index (Phi) is 6.82. The number of likely N-dealkylation sites (tertiary alicyclic amines) is 1. The van der Waals surface area contributed by atoms with Gasteiger partial charge in [0.25, 0.3) is 0 Å². The molecule has 194 valence electrons. The number of ether oxygens (including phenoxy) is 1. The third-order valence-corrected chi connectivity index (χ3v) is 9.03. The van der Waals surface area contributed by atoms with E-state index in [9.17, 15) is 19.2 Å². The third-order valence-electron chi connectivity index (χ3n) is 9.03. The average Bonchev–Trinajstić information content (AvgIpc) is 3.33. The Morgan fingerprint density at radius 2 is 1.78 bits per heavy atom. The van der Waals surface area contributed by atoms with Gasteiger partial charge in [-0.25, -0.2) is 4.39 Å². The summed E-state index contributed by atoms with van der Waals surface area (Å²) in [5.41, 5.74) is 0.641. The fraction of sp³-hybridized carbons (Fsp3) is 0.667. The molecule has 2 heterocycles. The van der Waals surface area contributed by atoms with Gasteiger partial charge in [0.1, 0.15) is 18.0 Å². The third kappa shape index (κ3) is 4.52. The molecule has 3 aliphatic carbocycles. The molecule has 1 unspecified atom stereocenters. The van der Waals surface area contributed by atoms with E-state index in [-0.39, 0.29) is 42.3 Å². The van der Waals surface area contributed by atoms with E-state index in [0.717, 1.165) is 63.1 Å². The molecule has 2 saturated heterocycles. The summed E-state index contributed by atoms with van der Waals surface area (Å²) in [5, 5.41) is 12.7. The van der Waals surface area contributed by atoms with E-state index in [0.29, 0.717) is 13.1 Å². The molecule has 1 N–H and O–H groups in total. The quantitative estimate of drug-likeness (QED) is 0.650. The van der Waals surface area contributed by atoms with Crippen LogP contribution >= 0.6 is 0 Å². The largest absolute Gasteiger partial charge is 0.495 e. The SMILES string of the molecule is COc1ccccc1N1CCN(C(=O)C23CCC(NCC(=O)N4C[C@@H](F)CC4C#N)(CC2)CC3)CC1. The highest BCUT2D eigenvalue weighted by Crippen LogP contribution is 2.53. The van der Waals surface area contributed by atoms with Crippen LogP contribution < -0.4 is 15.0 Å². The first-order valence-corrected chi connectivity index (χ1v) is 13.1. The summed E-state index contributed by atoms with van der Waals surface area (Å²) in [5.74, 6) is 0.937. The normalized spacial score (nSPS) is 31.9. The fourth-order valence-electron chi connectivity index (χ4n) is 6.70. The number of halogens is 1. The predicted molar refractivity (Wildman–Crippen MR) is 133 cm³/mol. The van der Waals surface area contributed by atoms with E-state index in [4.69, 9.17) is 4.74 Å². The summed E-state index contributed by atoms with van der Waals surface area (Å²) in [7, 11) is 1.68. The van der Waals surface area contributed by atoms with Crippen LogP contribution in [-0.2, 0) is 9.59 Å². The number of amides is 2. The van der Waals surface area contributed by atoms with Crippen LogP contribution in [0.5, 0.6) is 5.75 Å². The van der Waals surface area contributed by atoms with Crippen LogP contribution in [-0.4, -0.2) is 85.7 Å². The molecule has 2 atom stereocenters. The molecule has 0 aromatic heterocycles. The Morgan fingerprint density at radius 1 is 1.11 bits per heavy atom. The molecule has 0 radical (unpaired) electrons. The lowest BCUT2D eigenvalue weighted by molar-refractivity contribution is -0.150. The lowest BCUT2D eigenvalue weighted by Gasteiger charge is -2.54. The van der Waals surface area contributed by atoms with Gasteiger partial charge in [0.15, 0.2) is 0 Å². The van der Waals surface area contributed by atoms with Crippen molar-refractivity contribution in [2.24, 2.45) is 5.41 Å². The Balaban J connectivity index is 1.14. The van der Waals surface area contributed by atoms with Crippen LogP contribution in [0, 0.1) is 16.7 Å². The number of para-hydroxylation sites is 2. The molecule has 1 aromatic carbocycles. The summed E-state index contributed by atoms with van der Waals surface area (Å²) in [4.78, 5) is 32.1. The number of nitrogens with one attached hydrogen (secondary N) is 1. The topological polar surface area (TPSA) is 88.9 Å². The van der Waals surface area contributed by atoms with Crippen molar-refractivity contribution in [1.82, 2.24) is 15.1 Å². The number of fused-ring (bicyclic) bond motifs is 3. The maximum Gasteiger partial charge on any atom is 0.237 e. The first-order valence-electron chi connectivity index (χ1n) is 13.1. The zero-order valence-electron chi connectivity index (χ0n) is 21.0. The summed E-state index contributed by atoms with van der Waals surface area (Å²) in [6.07, 6.45) is 4.06. The predicted octanol–water partition coefficient (Wildman–Crippen LogP) is 2.49. The molecule has 9 heteroatoms. The van der Waals surface area contributed by atoms with Crippen LogP contribution in [0.25, 0.3) is 0 Å². The Morgan fingerprint density at radius 3 is 2.42 bits per heavy atom. The highest BCUT2D eigenvalue weighted by molar-refractivity contribution is 5.84. The molecule has 2 aliphatic heterocycles. The van der Waals surface area contributed by atoms with Crippen LogP contribution in [0.4, 0.5) is 10.1 Å². The first kappa shape index (κ1) is 24.8. The number of nitriles is 1. The van der Waals surface area contributed by atoms with Gasteiger partial charge in [-0.3, -0.25) is 9.59 Å². The van der Waals surface area contributed by atoms with Crippen LogP contribution in [0.3, 0.4) is 0 Å². The summed E-state index contributed by atoms with van der Waals surface area (Å²) in [6.45, 7) is 3.12. The van der Waals surface area contributed by atoms with E-state index in [1.807, 2.05) is 29.2 Å². The Labute approximate surface area is 212 Å². The highest BCUT2D eigenvalue weighted by Gasteiger charge is 2.53. The van der Waals surface area contributed by atoms with E-state index in [1.54, 1.807) is 7.11 Å².